The fourth-order valence-electron chi connectivity index (χ4n) is 1.89. The van der Waals surface area contributed by atoms with Gasteiger partial charge in [0.15, 0.2) is 0 Å². The molecule has 0 saturated heterocycles. The zero-order valence-electron chi connectivity index (χ0n) is 11.1. The Kier molecular flexibility index (Phi) is 5.60. The fraction of sp³-hybridized carbons (Fsp3) is 0.615. The fourth-order valence-corrected chi connectivity index (χ4v) is 1.89. The number of nitrogens with zero attached hydrogens (tertiary/aromatic N) is 1. The third kappa shape index (κ3) is 5.06. The first-order valence-electron chi connectivity index (χ1n) is 6.35. The zero-order chi connectivity index (χ0) is 14.5. The van der Waals surface area contributed by atoms with E-state index in [1.165, 1.54) is 0 Å². The predicted molar refractivity (Wildman–Crippen MR) is 68.1 cm³/mol. The number of hydrogen-bond acceptors (Lipinski definition) is 2. The lowest BCUT2D eigenvalue weighted by Gasteiger charge is -2.13. The van der Waals surface area contributed by atoms with E-state index in [1.807, 2.05) is 13.8 Å². The van der Waals surface area contributed by atoms with Crippen LogP contribution in [-0.4, -0.2) is 17.2 Å². The molecule has 1 atom stereocenters. The molecule has 0 aliphatic rings. The Bertz CT molecular complexity index is 454. The van der Waals surface area contributed by atoms with E-state index in [-0.39, 0.29) is 0 Å². The summed E-state index contributed by atoms with van der Waals surface area (Å²) in [4.78, 5) is 11.5. The number of aromatic nitrogens is 1. The highest BCUT2D eigenvalue weighted by atomic mass is 19.4. The highest BCUT2D eigenvalue weighted by molar-refractivity contribution is 5.13. The second-order valence-corrected chi connectivity index (χ2v) is 4.55. The van der Waals surface area contributed by atoms with Gasteiger partial charge in [0, 0.05) is 24.8 Å². The Morgan fingerprint density at radius 3 is 2.63 bits per heavy atom. The highest BCUT2D eigenvalue weighted by Gasteiger charge is 2.30. The van der Waals surface area contributed by atoms with E-state index in [4.69, 9.17) is 0 Å². The summed E-state index contributed by atoms with van der Waals surface area (Å²) >= 11 is 0. The molecule has 1 unspecified atom stereocenters. The summed E-state index contributed by atoms with van der Waals surface area (Å²) in [7, 11) is 0. The number of nitrogens with one attached hydrogen (secondary N) is 1. The van der Waals surface area contributed by atoms with Crippen LogP contribution in [0.5, 0.6) is 0 Å². The van der Waals surface area contributed by atoms with Crippen LogP contribution in [-0.2, 0) is 12.7 Å². The van der Waals surface area contributed by atoms with Crippen molar-refractivity contribution < 1.29 is 13.2 Å². The van der Waals surface area contributed by atoms with Gasteiger partial charge in [-0.2, -0.15) is 13.2 Å². The normalized spacial score (nSPS) is 13.5. The minimum Gasteiger partial charge on any atom is -0.315 e. The predicted octanol–water partition coefficient (Wildman–Crippen LogP) is 2.65. The summed E-state index contributed by atoms with van der Waals surface area (Å²) in [5, 5.41) is 3.21. The molecular weight excluding hydrogens is 257 g/mol. The second kappa shape index (κ2) is 6.75. The third-order valence-electron chi connectivity index (χ3n) is 2.90. The Morgan fingerprint density at radius 1 is 1.37 bits per heavy atom. The van der Waals surface area contributed by atoms with Crippen molar-refractivity contribution in [1.29, 1.82) is 0 Å². The second-order valence-electron chi connectivity index (χ2n) is 4.55. The van der Waals surface area contributed by atoms with Crippen molar-refractivity contribution in [3.63, 3.8) is 0 Å². The van der Waals surface area contributed by atoms with Gasteiger partial charge in [-0.05, 0) is 32.4 Å². The molecule has 0 amide bonds. The number of pyridine rings is 1. The van der Waals surface area contributed by atoms with Gasteiger partial charge in [0.2, 0.25) is 0 Å². The first-order valence-corrected chi connectivity index (χ1v) is 6.35. The number of halogens is 3. The van der Waals surface area contributed by atoms with Gasteiger partial charge >= 0.3 is 6.18 Å². The van der Waals surface area contributed by atoms with E-state index in [9.17, 15) is 18.0 Å². The summed E-state index contributed by atoms with van der Waals surface area (Å²) in [6.07, 6.45) is -2.04. The Balaban J connectivity index is 2.65. The molecule has 0 aliphatic carbocycles. The molecule has 1 aromatic heterocycles. The summed E-state index contributed by atoms with van der Waals surface area (Å²) in [5.41, 5.74) is -1.18. The van der Waals surface area contributed by atoms with Crippen molar-refractivity contribution >= 4 is 0 Å². The van der Waals surface area contributed by atoms with Gasteiger partial charge in [0.25, 0.3) is 5.56 Å². The monoisotopic (exact) mass is 276 g/mol. The smallest absolute Gasteiger partial charge is 0.315 e. The van der Waals surface area contributed by atoms with Gasteiger partial charge in [-0.3, -0.25) is 4.79 Å². The lowest BCUT2D eigenvalue weighted by Crippen LogP contribution is -2.27. The Hall–Kier alpha value is -1.30. The first kappa shape index (κ1) is 15.8. The van der Waals surface area contributed by atoms with E-state index in [0.717, 1.165) is 35.9 Å². The number of rotatable bonds is 6. The number of hydrogen-bond donors (Lipinski definition) is 1. The summed E-state index contributed by atoms with van der Waals surface area (Å²) < 4.78 is 38.7. The van der Waals surface area contributed by atoms with Crippen LogP contribution in [0.1, 0.15) is 32.3 Å². The average Bonchev–Trinajstić information content (AvgIpc) is 2.30. The topological polar surface area (TPSA) is 34.0 Å². The molecule has 108 valence electrons. The summed E-state index contributed by atoms with van der Waals surface area (Å²) in [6, 6.07) is 2.09. The van der Waals surface area contributed by atoms with Crippen LogP contribution >= 0.6 is 0 Å². The molecule has 3 nitrogen and oxygen atoms in total. The quantitative estimate of drug-likeness (QED) is 0.866. The van der Waals surface area contributed by atoms with Crippen molar-refractivity contribution in [2.45, 2.75) is 45.5 Å². The minimum atomic E-state index is -4.41. The molecule has 0 aliphatic heterocycles. The Morgan fingerprint density at radius 2 is 2.05 bits per heavy atom. The summed E-state index contributed by atoms with van der Waals surface area (Å²) in [6.45, 7) is 5.16. The molecule has 0 radical (unpaired) electrons. The van der Waals surface area contributed by atoms with Gasteiger partial charge in [0.05, 0.1) is 5.56 Å². The van der Waals surface area contributed by atoms with Gasteiger partial charge in [-0.1, -0.05) is 6.92 Å². The molecule has 1 aromatic rings. The van der Waals surface area contributed by atoms with Crippen molar-refractivity contribution in [2.24, 2.45) is 0 Å². The van der Waals surface area contributed by atoms with E-state index in [0.29, 0.717) is 19.0 Å². The van der Waals surface area contributed by atoms with Crippen molar-refractivity contribution in [3.05, 3.63) is 34.2 Å². The first-order chi connectivity index (χ1) is 8.84. The zero-order valence-corrected chi connectivity index (χ0v) is 11.1. The molecule has 1 N–H and O–H groups in total. The number of alkyl halides is 3. The maximum atomic E-state index is 12.5. The molecular formula is C13H19F3N2O. The van der Waals surface area contributed by atoms with Crippen LogP contribution in [0, 0.1) is 0 Å². The van der Waals surface area contributed by atoms with Gasteiger partial charge in [0.1, 0.15) is 0 Å². The molecule has 0 bridgehead atoms. The van der Waals surface area contributed by atoms with E-state index in [1.54, 1.807) is 0 Å². The minimum absolute atomic E-state index is 0.298. The van der Waals surface area contributed by atoms with Crippen LogP contribution in [0.25, 0.3) is 0 Å². The van der Waals surface area contributed by atoms with Crippen LogP contribution in [0.3, 0.4) is 0 Å². The molecule has 6 heteroatoms. The molecule has 0 saturated carbocycles. The standard InChI is InChI=1S/C13H19F3N2O/c1-3-17-10(2)5-4-8-18-9-11(13(14,15)16)6-7-12(18)19/h6-7,9-10,17H,3-5,8H2,1-2H3. The molecule has 1 rings (SSSR count). The molecule has 19 heavy (non-hydrogen) atoms. The molecule has 1 heterocycles. The third-order valence-corrected chi connectivity index (χ3v) is 2.90. The lowest BCUT2D eigenvalue weighted by atomic mass is 10.2. The van der Waals surface area contributed by atoms with Crippen molar-refractivity contribution in [3.8, 4) is 0 Å². The average molecular weight is 276 g/mol. The van der Waals surface area contributed by atoms with Crippen molar-refractivity contribution in [2.75, 3.05) is 6.54 Å². The van der Waals surface area contributed by atoms with Crippen LogP contribution in [0.2, 0.25) is 0 Å². The molecule has 0 aromatic carbocycles. The largest absolute Gasteiger partial charge is 0.417 e. The van der Waals surface area contributed by atoms with Gasteiger partial charge in [-0.15, -0.1) is 0 Å². The van der Waals surface area contributed by atoms with Crippen molar-refractivity contribution in [1.82, 2.24) is 9.88 Å². The Labute approximate surface area is 110 Å². The molecule has 0 spiro atoms. The molecule has 0 fully saturated rings. The van der Waals surface area contributed by atoms with Gasteiger partial charge in [-0.25, -0.2) is 0 Å². The summed E-state index contributed by atoms with van der Waals surface area (Å²) in [5.74, 6) is 0. The van der Waals surface area contributed by atoms with Crippen LogP contribution in [0.4, 0.5) is 13.2 Å². The van der Waals surface area contributed by atoms with Crippen LogP contribution in [0.15, 0.2) is 23.1 Å². The van der Waals surface area contributed by atoms with E-state index in [2.05, 4.69) is 5.32 Å². The van der Waals surface area contributed by atoms with Crippen LogP contribution < -0.4 is 10.9 Å². The van der Waals surface area contributed by atoms with E-state index >= 15 is 0 Å². The maximum absolute atomic E-state index is 12.5. The van der Waals surface area contributed by atoms with E-state index < -0.39 is 17.3 Å². The highest BCUT2D eigenvalue weighted by Crippen LogP contribution is 2.28. The van der Waals surface area contributed by atoms with Gasteiger partial charge < -0.3 is 9.88 Å². The number of aryl methyl sites for hydroxylation is 1. The lowest BCUT2D eigenvalue weighted by molar-refractivity contribution is -0.138. The maximum Gasteiger partial charge on any atom is 0.417 e. The SMILES string of the molecule is CCNC(C)CCCn1cc(C(F)(F)F)ccc1=O.